The Bertz CT molecular complexity index is 141. The van der Waals surface area contributed by atoms with Crippen LogP contribution in [0.5, 0.6) is 0 Å². The van der Waals surface area contributed by atoms with Gasteiger partial charge in [0.15, 0.2) is 0 Å². The van der Waals surface area contributed by atoms with Crippen LogP contribution >= 0.6 is 11.6 Å². The van der Waals surface area contributed by atoms with Crippen molar-refractivity contribution in [3.63, 3.8) is 0 Å². The summed E-state index contributed by atoms with van der Waals surface area (Å²) in [6.07, 6.45) is 8.15. The molecular formula is C12H23ClO. The average molecular weight is 219 g/mol. The maximum atomic E-state index is 9.91. The maximum Gasteiger partial charge on any atom is 0.0568 e. The van der Waals surface area contributed by atoms with Gasteiger partial charge in [-0.25, -0.2) is 0 Å². The van der Waals surface area contributed by atoms with Crippen molar-refractivity contribution in [3.8, 4) is 0 Å². The number of aliphatic hydroxyl groups excluding tert-OH is 1. The molecule has 1 aliphatic rings. The molecule has 1 atom stereocenters. The summed E-state index contributed by atoms with van der Waals surface area (Å²) in [4.78, 5) is 0. The second kappa shape index (κ2) is 6.68. The van der Waals surface area contributed by atoms with Gasteiger partial charge in [-0.2, -0.15) is 0 Å². The molecule has 1 N–H and O–H groups in total. The van der Waals surface area contributed by atoms with Gasteiger partial charge < -0.3 is 5.11 Å². The second-order valence-corrected chi connectivity index (χ2v) is 4.97. The lowest BCUT2D eigenvalue weighted by Gasteiger charge is -2.31. The van der Waals surface area contributed by atoms with Crippen molar-refractivity contribution in [3.05, 3.63) is 0 Å². The van der Waals surface area contributed by atoms with Gasteiger partial charge in [0, 0.05) is 5.88 Å². The number of alkyl halides is 1. The zero-order chi connectivity index (χ0) is 10.4. The van der Waals surface area contributed by atoms with Crippen LogP contribution in [0.3, 0.4) is 0 Å². The molecular weight excluding hydrogens is 196 g/mol. The molecule has 1 unspecified atom stereocenters. The molecule has 0 bridgehead atoms. The minimum atomic E-state index is -0.0912. The molecule has 0 spiro atoms. The van der Waals surface area contributed by atoms with E-state index in [2.05, 4.69) is 6.92 Å². The maximum absolute atomic E-state index is 9.91. The third-order valence-electron chi connectivity index (χ3n) is 3.65. The van der Waals surface area contributed by atoms with E-state index >= 15 is 0 Å². The molecule has 1 rings (SSSR count). The molecule has 1 saturated carbocycles. The van der Waals surface area contributed by atoms with E-state index in [1.54, 1.807) is 0 Å². The summed E-state index contributed by atoms with van der Waals surface area (Å²) in [6.45, 7) is 2.27. The van der Waals surface area contributed by atoms with Gasteiger partial charge in [-0.1, -0.05) is 26.2 Å². The molecule has 2 heteroatoms. The van der Waals surface area contributed by atoms with Gasteiger partial charge in [-0.05, 0) is 37.5 Å². The predicted octanol–water partition coefficient (Wildman–Crippen LogP) is 3.58. The molecule has 0 aliphatic heterocycles. The zero-order valence-electron chi connectivity index (χ0n) is 9.21. The Kier molecular flexibility index (Phi) is 5.88. The van der Waals surface area contributed by atoms with Crippen LogP contribution in [0, 0.1) is 11.8 Å². The van der Waals surface area contributed by atoms with Crippen molar-refractivity contribution in [1.82, 2.24) is 0 Å². The van der Waals surface area contributed by atoms with E-state index in [4.69, 9.17) is 11.6 Å². The fourth-order valence-electron chi connectivity index (χ4n) is 2.50. The SMILES string of the molecule is CCC1CCC(C(O)CCCCl)CC1. The van der Waals surface area contributed by atoms with Gasteiger partial charge in [0.05, 0.1) is 6.10 Å². The molecule has 1 fully saturated rings. The van der Waals surface area contributed by atoms with Crippen molar-refractivity contribution in [2.75, 3.05) is 5.88 Å². The molecule has 0 heterocycles. The quantitative estimate of drug-likeness (QED) is 0.700. The van der Waals surface area contributed by atoms with Gasteiger partial charge in [-0.3, -0.25) is 0 Å². The third-order valence-corrected chi connectivity index (χ3v) is 3.91. The fourth-order valence-corrected chi connectivity index (χ4v) is 2.66. The molecule has 0 aromatic carbocycles. The van der Waals surface area contributed by atoms with Gasteiger partial charge in [-0.15, -0.1) is 11.6 Å². The smallest absolute Gasteiger partial charge is 0.0568 e. The van der Waals surface area contributed by atoms with Gasteiger partial charge in [0.2, 0.25) is 0 Å². The largest absolute Gasteiger partial charge is 0.393 e. The summed E-state index contributed by atoms with van der Waals surface area (Å²) in [5.74, 6) is 2.16. The molecule has 1 nitrogen and oxygen atoms in total. The van der Waals surface area contributed by atoms with E-state index in [1.807, 2.05) is 0 Å². The molecule has 1 aliphatic carbocycles. The lowest BCUT2D eigenvalue weighted by Crippen LogP contribution is -2.25. The van der Waals surface area contributed by atoms with Crippen molar-refractivity contribution in [2.24, 2.45) is 11.8 Å². The summed E-state index contributed by atoms with van der Waals surface area (Å²) in [5, 5.41) is 9.91. The summed E-state index contributed by atoms with van der Waals surface area (Å²) >= 11 is 5.62. The van der Waals surface area contributed by atoms with Crippen LogP contribution in [-0.2, 0) is 0 Å². The number of rotatable bonds is 5. The minimum absolute atomic E-state index is 0.0912. The zero-order valence-corrected chi connectivity index (χ0v) is 9.97. The van der Waals surface area contributed by atoms with E-state index in [9.17, 15) is 5.11 Å². The third kappa shape index (κ3) is 3.78. The summed E-state index contributed by atoms with van der Waals surface area (Å²) in [7, 11) is 0. The van der Waals surface area contributed by atoms with E-state index in [0.29, 0.717) is 11.8 Å². The highest BCUT2D eigenvalue weighted by molar-refractivity contribution is 6.17. The molecule has 0 saturated heterocycles. The van der Waals surface area contributed by atoms with Gasteiger partial charge in [0.25, 0.3) is 0 Å². The number of halogens is 1. The summed E-state index contributed by atoms with van der Waals surface area (Å²) < 4.78 is 0. The van der Waals surface area contributed by atoms with Gasteiger partial charge >= 0.3 is 0 Å². The monoisotopic (exact) mass is 218 g/mol. The van der Waals surface area contributed by atoms with E-state index in [-0.39, 0.29) is 6.10 Å². The van der Waals surface area contributed by atoms with Gasteiger partial charge in [0.1, 0.15) is 0 Å². The minimum Gasteiger partial charge on any atom is -0.393 e. The molecule has 0 radical (unpaired) electrons. The lowest BCUT2D eigenvalue weighted by molar-refractivity contribution is 0.0660. The van der Waals surface area contributed by atoms with Crippen LogP contribution in [-0.4, -0.2) is 17.1 Å². The summed E-state index contributed by atoms with van der Waals surface area (Å²) in [6, 6.07) is 0. The molecule has 0 aromatic rings. The van der Waals surface area contributed by atoms with Crippen LogP contribution in [0.2, 0.25) is 0 Å². The Morgan fingerprint density at radius 3 is 2.43 bits per heavy atom. The molecule has 14 heavy (non-hydrogen) atoms. The first-order valence-electron chi connectivity index (χ1n) is 6.02. The lowest BCUT2D eigenvalue weighted by atomic mass is 9.78. The topological polar surface area (TPSA) is 20.2 Å². The number of aliphatic hydroxyl groups is 1. The first-order valence-corrected chi connectivity index (χ1v) is 6.55. The van der Waals surface area contributed by atoms with Crippen LogP contribution in [0.4, 0.5) is 0 Å². The normalized spacial score (nSPS) is 30.2. The average Bonchev–Trinajstić information content (AvgIpc) is 2.26. The summed E-state index contributed by atoms with van der Waals surface area (Å²) in [5.41, 5.74) is 0. The highest BCUT2D eigenvalue weighted by Gasteiger charge is 2.24. The molecule has 84 valence electrons. The van der Waals surface area contributed by atoms with Crippen LogP contribution in [0.25, 0.3) is 0 Å². The van der Waals surface area contributed by atoms with E-state index in [1.165, 1.54) is 32.1 Å². The highest BCUT2D eigenvalue weighted by Crippen LogP contribution is 2.33. The first-order chi connectivity index (χ1) is 6.77. The van der Waals surface area contributed by atoms with Crippen molar-refractivity contribution < 1.29 is 5.11 Å². The van der Waals surface area contributed by atoms with E-state index < -0.39 is 0 Å². The Morgan fingerprint density at radius 1 is 1.29 bits per heavy atom. The van der Waals surface area contributed by atoms with E-state index in [0.717, 1.165) is 18.8 Å². The van der Waals surface area contributed by atoms with Crippen LogP contribution in [0.15, 0.2) is 0 Å². The second-order valence-electron chi connectivity index (χ2n) is 4.59. The first kappa shape index (κ1) is 12.3. The Morgan fingerprint density at radius 2 is 1.93 bits per heavy atom. The van der Waals surface area contributed by atoms with Crippen molar-refractivity contribution in [1.29, 1.82) is 0 Å². The fraction of sp³-hybridized carbons (Fsp3) is 1.00. The number of hydrogen-bond acceptors (Lipinski definition) is 1. The molecule has 0 amide bonds. The standard InChI is InChI=1S/C12H23ClO/c1-2-10-5-7-11(8-6-10)12(14)4-3-9-13/h10-12,14H,2-9H2,1H3. The highest BCUT2D eigenvalue weighted by atomic mass is 35.5. The predicted molar refractivity (Wildman–Crippen MR) is 61.7 cm³/mol. The van der Waals surface area contributed by atoms with Crippen molar-refractivity contribution >= 4 is 11.6 Å². The van der Waals surface area contributed by atoms with Crippen molar-refractivity contribution in [2.45, 2.75) is 58.0 Å². The van der Waals surface area contributed by atoms with Crippen LogP contribution in [0.1, 0.15) is 51.9 Å². The Balaban J connectivity index is 2.19. The Labute approximate surface area is 92.8 Å². The number of hydrogen-bond donors (Lipinski definition) is 1. The van der Waals surface area contributed by atoms with Crippen LogP contribution < -0.4 is 0 Å². The Hall–Kier alpha value is 0.250. The molecule has 0 aromatic heterocycles.